The van der Waals surface area contributed by atoms with E-state index in [1.807, 2.05) is 20.0 Å². The van der Waals surface area contributed by atoms with Gasteiger partial charge in [-0.25, -0.2) is 0 Å². The van der Waals surface area contributed by atoms with Gasteiger partial charge in [0.05, 0.1) is 13.3 Å². The Morgan fingerprint density at radius 2 is 2.12 bits per heavy atom. The van der Waals surface area contributed by atoms with Crippen LogP contribution in [0.2, 0.25) is 0 Å². The molecule has 0 aliphatic heterocycles. The molecule has 1 aromatic carbocycles. The van der Waals surface area contributed by atoms with Gasteiger partial charge in [0, 0.05) is 18.3 Å². The van der Waals surface area contributed by atoms with Crippen LogP contribution >= 0.6 is 0 Å². The lowest BCUT2D eigenvalue weighted by Gasteiger charge is -2.05. The van der Waals surface area contributed by atoms with Gasteiger partial charge in [0.25, 0.3) is 0 Å². The summed E-state index contributed by atoms with van der Waals surface area (Å²) < 4.78 is 6.80. The van der Waals surface area contributed by atoms with Gasteiger partial charge in [0.1, 0.15) is 0 Å². The topological polar surface area (TPSA) is 47.3 Å². The van der Waals surface area contributed by atoms with Crippen molar-refractivity contribution >= 4 is 0 Å². The zero-order valence-electron chi connectivity index (χ0n) is 9.56. The van der Waals surface area contributed by atoms with E-state index in [-0.39, 0.29) is 5.75 Å². The van der Waals surface area contributed by atoms with Crippen molar-refractivity contribution < 1.29 is 9.84 Å². The van der Waals surface area contributed by atoms with E-state index in [4.69, 9.17) is 4.74 Å². The first-order chi connectivity index (χ1) is 7.63. The average molecular weight is 218 g/mol. The monoisotopic (exact) mass is 218 g/mol. The quantitative estimate of drug-likeness (QED) is 0.839. The Bertz CT molecular complexity index is 518. The highest BCUT2D eigenvalue weighted by Crippen LogP contribution is 2.32. The van der Waals surface area contributed by atoms with Crippen LogP contribution in [-0.2, 0) is 7.05 Å². The third-order valence-corrected chi connectivity index (χ3v) is 2.73. The van der Waals surface area contributed by atoms with Gasteiger partial charge in [-0.05, 0) is 24.6 Å². The first kappa shape index (κ1) is 10.5. The molecule has 0 saturated carbocycles. The zero-order valence-corrected chi connectivity index (χ0v) is 9.56. The maximum atomic E-state index is 9.70. The van der Waals surface area contributed by atoms with Crippen LogP contribution in [0.3, 0.4) is 0 Å². The zero-order chi connectivity index (χ0) is 11.7. The molecular formula is C12H14N2O2. The number of hydrogen-bond acceptors (Lipinski definition) is 3. The third-order valence-electron chi connectivity index (χ3n) is 2.73. The molecule has 2 rings (SSSR count). The Kier molecular flexibility index (Phi) is 2.56. The summed E-state index contributed by atoms with van der Waals surface area (Å²) in [5.74, 6) is 0.619. The number of rotatable bonds is 2. The molecule has 0 saturated heterocycles. The second kappa shape index (κ2) is 3.89. The fraction of sp³-hybridized carbons (Fsp3) is 0.250. The molecule has 2 aromatic rings. The number of phenols is 1. The van der Waals surface area contributed by atoms with Crippen molar-refractivity contribution in [2.45, 2.75) is 6.92 Å². The van der Waals surface area contributed by atoms with E-state index in [0.717, 1.165) is 16.8 Å². The largest absolute Gasteiger partial charge is 0.504 e. The molecule has 0 bridgehead atoms. The highest BCUT2D eigenvalue weighted by atomic mass is 16.5. The van der Waals surface area contributed by atoms with Crippen molar-refractivity contribution in [3.8, 4) is 22.6 Å². The first-order valence-electron chi connectivity index (χ1n) is 4.99. The summed E-state index contributed by atoms with van der Waals surface area (Å²) >= 11 is 0. The molecule has 0 atom stereocenters. The Labute approximate surface area is 94.1 Å². The standard InChI is InChI=1S/C12H14N2O2/c1-8-10(7-13-14(8)2)9-4-5-12(16-3)11(15)6-9/h4-7,15H,1-3H3. The fourth-order valence-corrected chi connectivity index (χ4v) is 1.64. The predicted octanol–water partition coefficient (Wildman–Crippen LogP) is 2.11. The fourth-order valence-electron chi connectivity index (χ4n) is 1.64. The molecular weight excluding hydrogens is 204 g/mol. The van der Waals surface area contributed by atoms with Gasteiger partial charge >= 0.3 is 0 Å². The second-order valence-electron chi connectivity index (χ2n) is 3.65. The maximum Gasteiger partial charge on any atom is 0.160 e. The van der Waals surface area contributed by atoms with Gasteiger partial charge in [-0.1, -0.05) is 6.07 Å². The van der Waals surface area contributed by atoms with Gasteiger partial charge in [0.15, 0.2) is 11.5 Å². The molecule has 1 N–H and O–H groups in total. The second-order valence-corrected chi connectivity index (χ2v) is 3.65. The number of methoxy groups -OCH3 is 1. The van der Waals surface area contributed by atoms with Crippen LogP contribution in [0.25, 0.3) is 11.1 Å². The molecule has 4 heteroatoms. The van der Waals surface area contributed by atoms with Gasteiger partial charge in [-0.3, -0.25) is 4.68 Å². The Hall–Kier alpha value is -1.97. The van der Waals surface area contributed by atoms with Crippen LogP contribution in [0.15, 0.2) is 24.4 Å². The molecule has 0 unspecified atom stereocenters. The van der Waals surface area contributed by atoms with Gasteiger partial charge < -0.3 is 9.84 Å². The normalized spacial score (nSPS) is 10.4. The molecule has 16 heavy (non-hydrogen) atoms. The number of aromatic nitrogens is 2. The summed E-state index contributed by atoms with van der Waals surface area (Å²) in [7, 11) is 3.42. The van der Waals surface area contributed by atoms with E-state index in [0.29, 0.717) is 5.75 Å². The SMILES string of the molecule is COc1ccc(-c2cnn(C)c2C)cc1O. The van der Waals surface area contributed by atoms with Gasteiger partial charge in [-0.15, -0.1) is 0 Å². The van der Waals surface area contributed by atoms with Crippen molar-refractivity contribution in [3.05, 3.63) is 30.1 Å². The first-order valence-corrected chi connectivity index (χ1v) is 4.99. The molecule has 1 aromatic heterocycles. The van der Waals surface area contributed by atoms with Crippen LogP contribution in [0.1, 0.15) is 5.69 Å². The Morgan fingerprint density at radius 3 is 2.62 bits per heavy atom. The van der Waals surface area contributed by atoms with Crippen molar-refractivity contribution in [2.24, 2.45) is 7.05 Å². The molecule has 84 valence electrons. The molecule has 0 aliphatic carbocycles. The van der Waals surface area contributed by atoms with E-state index in [9.17, 15) is 5.11 Å². The van der Waals surface area contributed by atoms with Crippen molar-refractivity contribution in [3.63, 3.8) is 0 Å². The van der Waals surface area contributed by atoms with Crippen LogP contribution < -0.4 is 4.74 Å². The predicted molar refractivity (Wildman–Crippen MR) is 61.6 cm³/mol. The highest BCUT2D eigenvalue weighted by Gasteiger charge is 2.09. The van der Waals surface area contributed by atoms with E-state index in [2.05, 4.69) is 5.10 Å². The highest BCUT2D eigenvalue weighted by molar-refractivity contribution is 5.68. The lowest BCUT2D eigenvalue weighted by molar-refractivity contribution is 0.373. The average Bonchev–Trinajstić information content (AvgIpc) is 2.60. The molecule has 0 radical (unpaired) electrons. The van der Waals surface area contributed by atoms with E-state index >= 15 is 0 Å². The maximum absolute atomic E-state index is 9.70. The van der Waals surface area contributed by atoms with Crippen molar-refractivity contribution in [2.75, 3.05) is 7.11 Å². The van der Waals surface area contributed by atoms with Crippen LogP contribution in [0.4, 0.5) is 0 Å². The van der Waals surface area contributed by atoms with Crippen molar-refractivity contribution in [1.29, 1.82) is 0 Å². The minimum Gasteiger partial charge on any atom is -0.504 e. The minimum absolute atomic E-state index is 0.142. The number of benzene rings is 1. The van der Waals surface area contributed by atoms with Crippen LogP contribution in [0.5, 0.6) is 11.5 Å². The number of phenolic OH excluding ortho intramolecular Hbond substituents is 1. The molecule has 0 aliphatic rings. The summed E-state index contributed by atoms with van der Waals surface area (Å²) in [5.41, 5.74) is 3.01. The Balaban J connectivity index is 2.49. The summed E-state index contributed by atoms with van der Waals surface area (Å²) in [5, 5.41) is 13.9. The summed E-state index contributed by atoms with van der Waals surface area (Å²) in [4.78, 5) is 0. The van der Waals surface area contributed by atoms with Crippen LogP contribution in [0, 0.1) is 6.92 Å². The molecule has 1 heterocycles. The lowest BCUT2D eigenvalue weighted by atomic mass is 10.1. The smallest absolute Gasteiger partial charge is 0.160 e. The molecule has 0 spiro atoms. The van der Waals surface area contributed by atoms with Gasteiger partial charge in [-0.2, -0.15) is 5.10 Å². The lowest BCUT2D eigenvalue weighted by Crippen LogP contribution is -1.92. The minimum atomic E-state index is 0.142. The number of aryl methyl sites for hydroxylation is 1. The molecule has 0 fully saturated rings. The number of hydrogen-bond donors (Lipinski definition) is 1. The number of aromatic hydroxyl groups is 1. The third kappa shape index (κ3) is 1.62. The van der Waals surface area contributed by atoms with E-state index < -0.39 is 0 Å². The van der Waals surface area contributed by atoms with Crippen molar-refractivity contribution in [1.82, 2.24) is 9.78 Å². The van der Waals surface area contributed by atoms with Gasteiger partial charge in [0.2, 0.25) is 0 Å². The number of nitrogens with zero attached hydrogens (tertiary/aromatic N) is 2. The summed E-state index contributed by atoms with van der Waals surface area (Å²) in [6, 6.07) is 5.34. The molecule has 4 nitrogen and oxygen atoms in total. The van der Waals surface area contributed by atoms with Crippen LogP contribution in [-0.4, -0.2) is 22.0 Å². The van der Waals surface area contributed by atoms with E-state index in [1.54, 1.807) is 23.0 Å². The van der Waals surface area contributed by atoms with E-state index in [1.165, 1.54) is 7.11 Å². The molecule has 0 amide bonds. The summed E-state index contributed by atoms with van der Waals surface area (Å²) in [6.45, 7) is 1.99. The number of ether oxygens (including phenoxy) is 1. The Morgan fingerprint density at radius 1 is 1.38 bits per heavy atom. The summed E-state index contributed by atoms with van der Waals surface area (Å²) in [6.07, 6.45) is 1.79.